The van der Waals surface area contributed by atoms with E-state index in [1.807, 2.05) is 238 Å². The number of hydrogen-bond acceptors (Lipinski definition) is 29. The van der Waals surface area contributed by atoms with Gasteiger partial charge in [-0.25, -0.2) is 38.6 Å². The minimum atomic E-state index is -4.58. The Morgan fingerprint density at radius 1 is 0.446 bits per heavy atom. The van der Waals surface area contributed by atoms with Gasteiger partial charge < -0.3 is 130 Å². The maximum absolute atomic E-state index is 12.5. The summed E-state index contributed by atoms with van der Waals surface area (Å²) in [6, 6.07) is 65.2. The zero-order chi connectivity index (χ0) is 98.3. The molecule has 0 bridgehead atoms. The number of amides is 7. The average Bonchev–Trinajstić information content (AvgIpc) is 1.62. The first kappa shape index (κ1) is 122. The number of halogens is 3. The molecule has 9 N–H and O–H groups in total. The molecule has 7 amide bonds. The molecular formula is C96H125BF3K2N11O24SU. The SMILES string of the molecule is C.CC1CNC[C@H]1O.C[C@H]1CN(C(=O)OCc2ccccc2)C[C@@H]1O.C[C@H]1CN(C(=O)OCc2ccccc2)C[C@@H]1OCS.N[C@H]1CN(C(=O)OCc2ccccc2)C[C@@H]1O.N[C@H]1CN(C(=O)OCc2ccccc2)C[C@H]1O.O=C(OCc1ccccc1)N1CC2N=C(C(F)(F)F)O[C@@H]2C1.O=C(OCc1ccccc1)N1CC=CC1.O=C(OCc1ccccc1)N1C[C@@H]2O[C@@H]2C1.O=CO[O-].[2H][B].[H-].[K+].[K+].[U]. The fourth-order valence-corrected chi connectivity index (χ4v) is 14.5. The van der Waals surface area contributed by atoms with Gasteiger partial charge in [0.25, 0.3) is 12.4 Å². The predicted octanol–water partition coefficient (Wildman–Crippen LogP) is 2.93. The Morgan fingerprint density at radius 2 is 0.727 bits per heavy atom. The van der Waals surface area contributed by atoms with Gasteiger partial charge in [0.1, 0.15) is 70.6 Å². The molecule has 2 radical (unpaired) electrons. The topological polar surface area (TPSA) is 444 Å². The number of likely N-dealkylation sites (tertiary alicyclic amines) is 6. The fourth-order valence-electron chi connectivity index (χ4n) is 14.3. The number of nitrogens with two attached hydrogens (primary N) is 2. The van der Waals surface area contributed by atoms with Gasteiger partial charge >= 0.3 is 152 Å². The van der Waals surface area contributed by atoms with Crippen LogP contribution < -0.4 is 125 Å². The van der Waals surface area contributed by atoms with Crippen LogP contribution in [0.4, 0.5) is 46.7 Å². The van der Waals surface area contributed by atoms with Gasteiger partial charge in [0.2, 0.25) is 0 Å². The van der Waals surface area contributed by atoms with Crippen molar-refractivity contribution in [3.63, 3.8) is 0 Å². The van der Waals surface area contributed by atoms with E-state index >= 15 is 0 Å². The average molecular weight is 2230 g/mol. The number of carbonyl (C=O) groups excluding carboxylic acids is 8. The molecule has 8 saturated heterocycles. The van der Waals surface area contributed by atoms with Crippen LogP contribution in [0.2, 0.25) is 0 Å². The smallest absolute Gasteiger partial charge is 1.00 e. The number of hydrogen-bond donors (Lipinski definition) is 8. The standard InChI is InChI=1S/C14H13F3N2O3.C14H19NO3S.C13H17NO3.2C12H16N2O3.C12H13NO3.C12H13NO2.C5H11NO.CH2O3.CH4.BH.2K.U.H/c15-14(16,17)12-18-10-6-19(7-11(10)22-12)13(20)21-8-9-4-2-1-3-5-9;1-11-7-15(8-13(11)18-10-19)14(16)17-9-12-5-3-2-4-6-12;1-10-7-14(8-12(10)15)13(16)17-9-11-5-3-2-4-6-11;2*13-10-6-14(7-11(10)15)12(16)17-8-9-4-2-1-3-5-9;14-12(13-6-10-11(7-13)16-10)15-8-9-4-2-1-3-5-9;14-12(13-8-4-5-9-13)15-10-11-6-2-1-3-7-11;1-4-2-6-3-5(4)7;2-1-4-3;;;;;;/h1-5,10-11H,6-8H2;2-6,11,13,19H,7-10H2,1H3;2-6,10,12,15H,7-9H2,1H3;2*1-5,10-11,15H,6-8,13H2;1-5,10-11H,6-8H2;1-7H,8-10H2;4-7H,2-3H2,1H3;1,3H;1H4;1H;;;;/q;;;;;;;;;;;2*+1;;-1/p-1/t10?,11-;11-,13-;10-,12-;10-,11+;10-,11-;10-,11+;;4?,5-;;;;;;;/m10000..1......./s1/i;;;;;;;;;;1D;;;;. The van der Waals surface area contributed by atoms with Gasteiger partial charge in [-0.3, -0.25) is 4.79 Å². The van der Waals surface area contributed by atoms with Gasteiger partial charge in [-0.2, -0.15) is 25.8 Å². The molecule has 43 heteroatoms. The number of nitrogens with zero attached hydrogens (tertiary/aromatic N) is 8. The van der Waals surface area contributed by atoms with Crippen LogP contribution in [0.3, 0.4) is 0 Å². The van der Waals surface area contributed by atoms with Gasteiger partial charge in [-0.05, 0) is 46.2 Å². The van der Waals surface area contributed by atoms with Crippen molar-refractivity contribution in [3.05, 3.63) is 263 Å². The molecule has 7 aromatic rings. The number of carbonyl (C=O) groups is 8. The molecule has 0 saturated carbocycles. The Bertz CT molecular complexity index is 4560. The second-order valence-corrected chi connectivity index (χ2v) is 32.9. The number of benzene rings is 7. The van der Waals surface area contributed by atoms with E-state index in [4.69, 9.17) is 75.3 Å². The Kier molecular flexibility index (Phi) is 58.0. The van der Waals surface area contributed by atoms with Crippen LogP contribution in [0.1, 0.15) is 68.6 Å². The molecule has 0 aromatic heterocycles. The van der Waals surface area contributed by atoms with Crippen molar-refractivity contribution in [1.29, 1.82) is 1.34 Å². The van der Waals surface area contributed by atoms with E-state index in [0.29, 0.717) is 103 Å². The van der Waals surface area contributed by atoms with Crippen molar-refractivity contribution in [2.24, 2.45) is 34.2 Å². The fraction of sp³-hybridized carbons (Fsp3) is 0.448. The molecule has 0 aliphatic carbocycles. The van der Waals surface area contributed by atoms with Crippen LogP contribution in [0.15, 0.2) is 229 Å². The van der Waals surface area contributed by atoms with Crippen LogP contribution in [0, 0.1) is 48.9 Å². The summed E-state index contributed by atoms with van der Waals surface area (Å²) in [7, 11) is 3.75. The number of fused-ring (bicyclic) bond motifs is 2. The summed E-state index contributed by atoms with van der Waals surface area (Å²) in [4.78, 5) is 107. The molecule has 2 unspecified atom stereocenters. The summed E-state index contributed by atoms with van der Waals surface area (Å²) >= 11 is 4.05. The number of nitrogens with one attached hydrogen (secondary N) is 1. The molecule has 10 aliphatic heterocycles. The Balaban J connectivity index is 0.000000412. The minimum absolute atomic E-state index is 0. The summed E-state index contributed by atoms with van der Waals surface area (Å²) < 4.78 is 94.4. The van der Waals surface area contributed by atoms with E-state index in [1.165, 1.54) is 14.7 Å². The van der Waals surface area contributed by atoms with Crippen molar-refractivity contribution in [2.75, 3.05) is 111 Å². The number of aliphatic imine (C=N–C) groups is 1. The zero-order valence-electron chi connectivity index (χ0n) is 79.8. The van der Waals surface area contributed by atoms with Gasteiger partial charge in [-0.1, -0.05) is 253 Å². The van der Waals surface area contributed by atoms with Crippen molar-refractivity contribution >= 4 is 76.0 Å². The van der Waals surface area contributed by atoms with Crippen molar-refractivity contribution in [3.8, 4) is 0 Å². The summed E-state index contributed by atoms with van der Waals surface area (Å²) in [6.07, 6.45) is -5.20. The van der Waals surface area contributed by atoms with Crippen LogP contribution in [0.25, 0.3) is 0 Å². The molecule has 10 heterocycles. The number of thiol groups is 1. The summed E-state index contributed by atoms with van der Waals surface area (Å²) in [5, 5.41) is 48.8. The van der Waals surface area contributed by atoms with Crippen molar-refractivity contribution < 1.29 is 265 Å². The van der Waals surface area contributed by atoms with Gasteiger partial charge in [0.05, 0.1) is 101 Å². The third kappa shape index (κ3) is 44.2. The normalized spacial score (nSPS) is 22.4. The van der Waals surface area contributed by atoms with Crippen molar-refractivity contribution in [2.45, 2.75) is 148 Å². The first-order valence-corrected chi connectivity index (χ1v) is 44.4. The largest absolute Gasteiger partial charge is 1.00 e. The second kappa shape index (κ2) is 66.2. The third-order valence-electron chi connectivity index (χ3n) is 22.2. The molecule has 8 fully saturated rings. The quantitative estimate of drug-likeness (QED) is 0.00747. The second-order valence-electron chi connectivity index (χ2n) is 32.7. The maximum atomic E-state index is 12.5. The molecule has 14 atom stereocenters. The zero-order valence-corrected chi connectivity index (χ0v) is 89.1. The molecule has 744 valence electrons. The Labute approximate surface area is 927 Å². The van der Waals surface area contributed by atoms with E-state index in [0.717, 1.165) is 52.0 Å². The predicted molar refractivity (Wildman–Crippen MR) is 499 cm³/mol. The molecule has 10 aliphatic rings. The summed E-state index contributed by atoms with van der Waals surface area (Å²) in [6.45, 7) is 15.6. The van der Waals surface area contributed by atoms with Crippen LogP contribution >= 0.6 is 12.6 Å². The molecule has 17 rings (SSSR count). The van der Waals surface area contributed by atoms with E-state index < -0.39 is 60.8 Å². The molecule has 139 heavy (non-hydrogen) atoms. The van der Waals surface area contributed by atoms with E-state index in [1.54, 1.807) is 19.6 Å². The van der Waals surface area contributed by atoms with Crippen LogP contribution in [-0.4, -0.2) is 303 Å². The van der Waals surface area contributed by atoms with Crippen molar-refractivity contribution in [1.82, 2.24) is 39.6 Å². The summed E-state index contributed by atoms with van der Waals surface area (Å²) in [5.74, 6) is 0.0672. The molecule has 35 nitrogen and oxygen atoms in total. The molecule has 7 aromatic carbocycles. The number of morpholine rings is 1. The van der Waals surface area contributed by atoms with E-state index in [-0.39, 0.29) is 269 Å². The summed E-state index contributed by atoms with van der Waals surface area (Å²) in [5.41, 5.74) is 17.9. The third-order valence-corrected chi connectivity index (χ3v) is 22.3. The molecule has 0 spiro atoms. The van der Waals surface area contributed by atoms with Crippen LogP contribution in [0.5, 0.6) is 0 Å². The Morgan fingerprint density at radius 3 is 0.978 bits per heavy atom. The number of epoxide rings is 1. The van der Waals surface area contributed by atoms with E-state index in [9.17, 15) is 62.1 Å². The minimum Gasteiger partial charge on any atom is -1.00 e. The number of β-amino-alcohol motifs (C(OH)–C–C–N with tert-alkyl or cyclic N) is 4. The monoisotopic (exact) mass is 2230 g/mol. The number of alkyl halides is 3. The maximum Gasteiger partial charge on any atom is 1.00 e. The van der Waals surface area contributed by atoms with Gasteiger partial charge in [0.15, 0.2) is 0 Å². The van der Waals surface area contributed by atoms with Crippen LogP contribution in [-0.2, 0) is 103 Å². The molecular weight excluding hydrogens is 2110 g/mol. The Hall–Kier alpha value is -7.76. The number of aliphatic hydroxyl groups excluding tert-OH is 4. The number of rotatable bonds is 17. The van der Waals surface area contributed by atoms with Gasteiger partial charge in [0, 0.05) is 104 Å². The first-order valence-electron chi connectivity index (χ1n) is 44.3. The first-order chi connectivity index (χ1) is 65.5. The van der Waals surface area contributed by atoms with Gasteiger partial charge in [-0.15, -0.1) is 0 Å². The number of aliphatic hydroxyl groups is 4. The van der Waals surface area contributed by atoms with E-state index in [2.05, 4.69) is 43.1 Å². The number of ether oxygens (including phenoxy) is 10.